The number of aliphatic hydroxyl groups is 1. The molecular weight excluding hydrogens is 402 g/mol. The number of furan rings is 1. The highest BCUT2D eigenvalue weighted by Crippen LogP contribution is 2.43. The number of hydrogen-bond acceptors (Lipinski definition) is 6. The van der Waals surface area contributed by atoms with Crippen LogP contribution < -0.4 is 10.1 Å². The number of aromatic nitrogens is 2. The zero-order valence-electron chi connectivity index (χ0n) is 18.1. The third-order valence-electron chi connectivity index (χ3n) is 5.97. The monoisotopic (exact) mass is 429 g/mol. The lowest BCUT2D eigenvalue weighted by molar-refractivity contribution is 0.124. The molecule has 2 heterocycles. The topological polar surface area (TPSA) is 80.4 Å². The van der Waals surface area contributed by atoms with Gasteiger partial charge in [-0.25, -0.2) is 9.97 Å². The van der Waals surface area contributed by atoms with E-state index in [0.717, 1.165) is 58.7 Å². The molecule has 4 aromatic rings. The number of nitrogens with zero attached hydrogens (tertiary/aromatic N) is 2. The molecule has 5 rings (SSSR count). The first-order valence-corrected chi connectivity index (χ1v) is 11.2. The maximum absolute atomic E-state index is 10.1. The van der Waals surface area contributed by atoms with Crippen molar-refractivity contribution in [2.24, 2.45) is 0 Å². The summed E-state index contributed by atoms with van der Waals surface area (Å²) < 4.78 is 11.9. The molecule has 1 aliphatic carbocycles. The molecule has 6 heteroatoms. The molecule has 164 valence electrons. The van der Waals surface area contributed by atoms with Gasteiger partial charge < -0.3 is 19.6 Å². The van der Waals surface area contributed by atoms with Gasteiger partial charge in [0, 0.05) is 17.2 Å². The van der Waals surface area contributed by atoms with Gasteiger partial charge in [-0.1, -0.05) is 42.5 Å². The lowest BCUT2D eigenvalue weighted by atomic mass is 9.93. The Morgan fingerprint density at radius 1 is 1.03 bits per heavy atom. The summed E-state index contributed by atoms with van der Waals surface area (Å²) in [6, 6.07) is 18.3. The van der Waals surface area contributed by atoms with Crippen molar-refractivity contribution in [2.45, 2.75) is 44.8 Å². The first-order valence-electron chi connectivity index (χ1n) is 11.2. The average molecular weight is 430 g/mol. The molecule has 0 amide bonds. The zero-order valence-corrected chi connectivity index (χ0v) is 18.1. The van der Waals surface area contributed by atoms with E-state index in [9.17, 15) is 5.11 Å². The number of rotatable bonds is 6. The van der Waals surface area contributed by atoms with Gasteiger partial charge in [0.25, 0.3) is 0 Å². The molecule has 2 atom stereocenters. The van der Waals surface area contributed by atoms with Crippen LogP contribution in [0.4, 0.5) is 5.82 Å². The summed E-state index contributed by atoms with van der Waals surface area (Å²) in [5.74, 6) is 2.33. The number of fused-ring (bicyclic) bond motifs is 1. The quantitative estimate of drug-likeness (QED) is 0.411. The predicted octanol–water partition coefficient (Wildman–Crippen LogP) is 5.67. The van der Waals surface area contributed by atoms with E-state index in [0.29, 0.717) is 18.7 Å². The Hall–Kier alpha value is -3.38. The van der Waals surface area contributed by atoms with Gasteiger partial charge >= 0.3 is 0 Å². The number of anilines is 1. The van der Waals surface area contributed by atoms with Crippen LogP contribution >= 0.6 is 0 Å². The second kappa shape index (κ2) is 9.01. The second-order valence-corrected chi connectivity index (χ2v) is 8.19. The van der Waals surface area contributed by atoms with Crippen molar-refractivity contribution in [1.29, 1.82) is 0 Å². The summed E-state index contributed by atoms with van der Waals surface area (Å²) in [4.78, 5) is 9.02. The van der Waals surface area contributed by atoms with Crippen LogP contribution in [0, 0.1) is 0 Å². The smallest absolute Gasteiger partial charge is 0.232 e. The minimum atomic E-state index is -0.270. The van der Waals surface area contributed by atoms with Gasteiger partial charge in [0.05, 0.1) is 18.1 Å². The van der Waals surface area contributed by atoms with Crippen molar-refractivity contribution in [1.82, 2.24) is 9.97 Å². The lowest BCUT2D eigenvalue weighted by Crippen LogP contribution is -2.30. The molecule has 2 N–H and O–H groups in total. The summed E-state index contributed by atoms with van der Waals surface area (Å²) in [5.41, 5.74) is 3.48. The van der Waals surface area contributed by atoms with E-state index in [1.807, 2.05) is 61.5 Å². The molecule has 0 spiro atoms. The molecule has 1 saturated carbocycles. The van der Waals surface area contributed by atoms with E-state index in [2.05, 4.69) is 15.3 Å². The Labute approximate surface area is 187 Å². The summed E-state index contributed by atoms with van der Waals surface area (Å²) in [7, 11) is 0. The van der Waals surface area contributed by atoms with Crippen LogP contribution in [0.2, 0.25) is 0 Å². The van der Waals surface area contributed by atoms with Crippen molar-refractivity contribution in [2.75, 3.05) is 11.9 Å². The normalized spacial score (nSPS) is 18.6. The number of ether oxygens (including phenoxy) is 1. The Balaban J connectivity index is 1.65. The number of nitrogens with one attached hydrogen (secondary N) is 1. The molecule has 1 aliphatic rings. The Bertz CT molecular complexity index is 1190. The van der Waals surface area contributed by atoms with Gasteiger partial charge in [0.2, 0.25) is 5.71 Å². The minimum Gasteiger partial charge on any atom is -0.494 e. The van der Waals surface area contributed by atoms with E-state index >= 15 is 0 Å². The van der Waals surface area contributed by atoms with Gasteiger partial charge in [-0.05, 0) is 50.3 Å². The van der Waals surface area contributed by atoms with Gasteiger partial charge in [-0.15, -0.1) is 0 Å². The molecule has 0 radical (unpaired) electrons. The van der Waals surface area contributed by atoms with Crippen LogP contribution in [0.5, 0.6) is 5.75 Å². The SMILES string of the molecule is CCOc1ccc(-c2c(-c3ccccc3)oc3ncnc(N[C@H]4CCC[C@H](O)C4)c23)cc1. The highest BCUT2D eigenvalue weighted by molar-refractivity contribution is 6.05. The van der Waals surface area contributed by atoms with Crippen molar-refractivity contribution in [3.63, 3.8) is 0 Å². The standard InChI is InChI=1S/C26H27N3O3/c1-2-31-21-13-11-17(12-14-21)22-23-25(29-19-9-6-10-20(30)15-19)27-16-28-26(23)32-24(22)18-7-4-3-5-8-18/h3-5,7-8,11-14,16,19-20,30H,2,6,9-10,15H2,1H3,(H,27,28,29)/t19-,20-/m0/s1. The largest absolute Gasteiger partial charge is 0.494 e. The van der Waals surface area contributed by atoms with Crippen molar-refractivity contribution >= 4 is 16.9 Å². The molecule has 0 unspecified atom stereocenters. The van der Waals surface area contributed by atoms with Crippen LogP contribution in [0.25, 0.3) is 33.6 Å². The maximum atomic E-state index is 10.1. The number of aliphatic hydroxyl groups excluding tert-OH is 1. The molecule has 6 nitrogen and oxygen atoms in total. The summed E-state index contributed by atoms with van der Waals surface area (Å²) in [5, 5.41) is 14.5. The van der Waals surface area contributed by atoms with Crippen molar-refractivity contribution in [3.05, 3.63) is 60.9 Å². The predicted molar refractivity (Wildman–Crippen MR) is 126 cm³/mol. The fourth-order valence-corrected chi connectivity index (χ4v) is 4.48. The van der Waals surface area contributed by atoms with Crippen LogP contribution in [-0.4, -0.2) is 33.8 Å². The highest BCUT2D eigenvalue weighted by Gasteiger charge is 2.25. The van der Waals surface area contributed by atoms with Gasteiger partial charge in [0.15, 0.2) is 0 Å². The summed E-state index contributed by atoms with van der Waals surface area (Å²) >= 11 is 0. The van der Waals surface area contributed by atoms with Gasteiger partial charge in [0.1, 0.15) is 23.7 Å². The van der Waals surface area contributed by atoms with E-state index in [1.165, 1.54) is 6.33 Å². The fourth-order valence-electron chi connectivity index (χ4n) is 4.48. The van der Waals surface area contributed by atoms with Crippen LogP contribution in [0.1, 0.15) is 32.6 Å². The van der Waals surface area contributed by atoms with Crippen LogP contribution in [0.15, 0.2) is 65.3 Å². The van der Waals surface area contributed by atoms with Gasteiger partial charge in [-0.2, -0.15) is 0 Å². The molecule has 2 aromatic heterocycles. The fraction of sp³-hybridized carbons (Fsp3) is 0.308. The average Bonchev–Trinajstić information content (AvgIpc) is 3.21. The molecule has 32 heavy (non-hydrogen) atoms. The van der Waals surface area contributed by atoms with E-state index in [1.54, 1.807) is 0 Å². The van der Waals surface area contributed by atoms with Crippen molar-refractivity contribution in [3.8, 4) is 28.2 Å². The Morgan fingerprint density at radius 3 is 2.59 bits per heavy atom. The zero-order chi connectivity index (χ0) is 21.9. The maximum Gasteiger partial charge on any atom is 0.232 e. The Morgan fingerprint density at radius 2 is 1.84 bits per heavy atom. The van der Waals surface area contributed by atoms with Gasteiger partial charge in [-0.3, -0.25) is 0 Å². The van der Waals surface area contributed by atoms with E-state index < -0.39 is 0 Å². The van der Waals surface area contributed by atoms with Crippen LogP contribution in [-0.2, 0) is 0 Å². The number of hydrogen-bond donors (Lipinski definition) is 2. The number of benzene rings is 2. The highest BCUT2D eigenvalue weighted by atomic mass is 16.5. The third kappa shape index (κ3) is 4.06. The molecule has 0 saturated heterocycles. The van der Waals surface area contributed by atoms with Crippen LogP contribution in [0.3, 0.4) is 0 Å². The summed E-state index contributed by atoms with van der Waals surface area (Å²) in [6.07, 6.45) is 4.84. The third-order valence-corrected chi connectivity index (χ3v) is 5.97. The first kappa shape index (κ1) is 20.5. The first-order chi connectivity index (χ1) is 15.7. The Kier molecular flexibility index (Phi) is 5.77. The van der Waals surface area contributed by atoms with E-state index in [4.69, 9.17) is 9.15 Å². The lowest BCUT2D eigenvalue weighted by Gasteiger charge is -2.27. The molecule has 1 fully saturated rings. The minimum absolute atomic E-state index is 0.167. The molecule has 2 aromatic carbocycles. The molecule has 0 bridgehead atoms. The van der Waals surface area contributed by atoms with Crippen molar-refractivity contribution < 1.29 is 14.3 Å². The second-order valence-electron chi connectivity index (χ2n) is 8.19. The molecular formula is C26H27N3O3. The molecule has 0 aliphatic heterocycles. The summed E-state index contributed by atoms with van der Waals surface area (Å²) in [6.45, 7) is 2.60. The van der Waals surface area contributed by atoms with E-state index in [-0.39, 0.29) is 12.1 Å².